The van der Waals surface area contributed by atoms with Crippen LogP contribution in [0.4, 0.5) is 25.8 Å². The van der Waals surface area contributed by atoms with E-state index in [1.165, 1.54) is 24.5 Å². The lowest BCUT2D eigenvalue weighted by Gasteiger charge is -2.21. The summed E-state index contributed by atoms with van der Waals surface area (Å²) in [5.41, 5.74) is 1.28. The summed E-state index contributed by atoms with van der Waals surface area (Å²) in [7, 11) is 0. The smallest absolute Gasteiger partial charge is 0.252 e. The zero-order valence-corrected chi connectivity index (χ0v) is 18.4. The average molecular weight is 466 g/mol. The van der Waals surface area contributed by atoms with E-state index in [2.05, 4.69) is 25.9 Å². The monoisotopic (exact) mass is 465 g/mol. The van der Waals surface area contributed by atoms with Gasteiger partial charge in [0.1, 0.15) is 11.9 Å². The highest BCUT2D eigenvalue weighted by atomic mass is 19.1. The quantitative estimate of drug-likeness (QED) is 0.444. The van der Waals surface area contributed by atoms with E-state index in [0.717, 1.165) is 38.1 Å². The van der Waals surface area contributed by atoms with Gasteiger partial charge >= 0.3 is 0 Å². The molecule has 0 aliphatic heterocycles. The Kier molecular flexibility index (Phi) is 7.41. The minimum Gasteiger partial charge on any atom is -0.353 e. The molecule has 0 spiro atoms. The summed E-state index contributed by atoms with van der Waals surface area (Å²) in [5, 5.41) is 8.39. The van der Waals surface area contributed by atoms with Gasteiger partial charge in [0.25, 0.3) is 5.91 Å². The van der Waals surface area contributed by atoms with Crippen LogP contribution in [0.15, 0.2) is 61.2 Å². The van der Waals surface area contributed by atoms with E-state index in [0.29, 0.717) is 23.6 Å². The van der Waals surface area contributed by atoms with Gasteiger partial charge in [0.2, 0.25) is 5.91 Å². The summed E-state index contributed by atoms with van der Waals surface area (Å²) in [4.78, 5) is 33.5. The van der Waals surface area contributed by atoms with Gasteiger partial charge in [-0.1, -0.05) is 31.7 Å². The van der Waals surface area contributed by atoms with Gasteiger partial charge in [-0.25, -0.2) is 8.78 Å². The second-order valence-corrected chi connectivity index (χ2v) is 8.35. The first kappa shape index (κ1) is 23.3. The maximum atomic E-state index is 13.9. The molecular formula is C25H25F2N5O2. The molecule has 176 valence electrons. The molecule has 0 unspecified atom stereocenters. The van der Waals surface area contributed by atoms with Crippen LogP contribution in [0.2, 0.25) is 0 Å². The predicted octanol–water partition coefficient (Wildman–Crippen LogP) is 4.82. The predicted molar refractivity (Wildman–Crippen MR) is 125 cm³/mol. The molecule has 2 aromatic heterocycles. The average Bonchev–Trinajstić information content (AvgIpc) is 3.33. The molecule has 3 N–H and O–H groups in total. The largest absolute Gasteiger partial charge is 0.353 e. The van der Waals surface area contributed by atoms with Crippen LogP contribution in [-0.2, 0) is 4.79 Å². The lowest BCUT2D eigenvalue weighted by molar-refractivity contribution is -0.118. The molecule has 0 bridgehead atoms. The van der Waals surface area contributed by atoms with E-state index in [4.69, 9.17) is 0 Å². The molecule has 1 aliphatic rings. The molecule has 1 fully saturated rings. The lowest BCUT2D eigenvalue weighted by atomic mass is 9.97. The second kappa shape index (κ2) is 10.8. The van der Waals surface area contributed by atoms with Crippen molar-refractivity contribution in [2.24, 2.45) is 5.92 Å². The summed E-state index contributed by atoms with van der Waals surface area (Å²) in [6.07, 6.45) is 9.63. The number of halogens is 2. The van der Waals surface area contributed by atoms with Gasteiger partial charge in [0.05, 0.1) is 30.0 Å². The van der Waals surface area contributed by atoms with Crippen LogP contribution in [0.5, 0.6) is 0 Å². The fourth-order valence-corrected chi connectivity index (χ4v) is 4.13. The fourth-order valence-electron chi connectivity index (χ4n) is 4.13. The molecule has 1 atom stereocenters. The number of hydrogen-bond donors (Lipinski definition) is 3. The Morgan fingerprint density at radius 3 is 2.59 bits per heavy atom. The van der Waals surface area contributed by atoms with Crippen molar-refractivity contribution in [2.75, 3.05) is 10.6 Å². The van der Waals surface area contributed by atoms with Crippen molar-refractivity contribution in [1.82, 2.24) is 15.3 Å². The second-order valence-electron chi connectivity index (χ2n) is 8.35. The maximum absolute atomic E-state index is 13.9. The highest BCUT2D eigenvalue weighted by molar-refractivity contribution is 6.01. The van der Waals surface area contributed by atoms with Crippen LogP contribution >= 0.6 is 0 Å². The standard InChI is InChI=1S/C25H25F2N5O2/c26-18-12-20(14-29-13-18)31-25(34)23(10-16-4-1-2-5-16)32-24(33)17-6-3-7-19(11-17)30-22-8-9-28-15-21(22)27/h3,6-9,11-16,23H,1-2,4-5,10H2,(H,28,30)(H,31,34)(H,32,33)/t23-/m0/s1. The summed E-state index contributed by atoms with van der Waals surface area (Å²) in [5.74, 6) is -1.62. The maximum Gasteiger partial charge on any atom is 0.252 e. The van der Waals surface area contributed by atoms with E-state index in [-0.39, 0.29) is 11.4 Å². The molecule has 1 aromatic carbocycles. The van der Waals surface area contributed by atoms with Gasteiger partial charge < -0.3 is 16.0 Å². The van der Waals surface area contributed by atoms with Crippen molar-refractivity contribution >= 4 is 28.9 Å². The fraction of sp³-hybridized carbons (Fsp3) is 0.280. The summed E-state index contributed by atoms with van der Waals surface area (Å²) in [6, 6.07) is 8.43. The van der Waals surface area contributed by atoms with Gasteiger partial charge in [-0.2, -0.15) is 0 Å². The van der Waals surface area contributed by atoms with E-state index in [1.54, 1.807) is 24.3 Å². The Bertz CT molecular complexity index is 1170. The third kappa shape index (κ3) is 6.12. The third-order valence-electron chi connectivity index (χ3n) is 5.81. The van der Waals surface area contributed by atoms with Crippen molar-refractivity contribution in [3.05, 3.63) is 78.4 Å². The van der Waals surface area contributed by atoms with Crippen LogP contribution < -0.4 is 16.0 Å². The van der Waals surface area contributed by atoms with Crippen molar-refractivity contribution < 1.29 is 18.4 Å². The van der Waals surface area contributed by atoms with E-state index >= 15 is 0 Å². The number of benzene rings is 1. The van der Waals surface area contributed by atoms with Gasteiger partial charge in [-0.05, 0) is 36.6 Å². The molecule has 2 heterocycles. The number of aromatic nitrogens is 2. The number of carbonyl (C=O) groups excluding carboxylic acids is 2. The molecule has 7 nitrogen and oxygen atoms in total. The SMILES string of the molecule is O=C(N[C@@H](CC1CCCC1)C(=O)Nc1cncc(F)c1)c1cccc(Nc2ccncc2F)c1. The molecule has 9 heteroatoms. The number of carbonyl (C=O) groups is 2. The molecule has 0 radical (unpaired) electrons. The summed E-state index contributed by atoms with van der Waals surface area (Å²) >= 11 is 0. The Balaban J connectivity index is 1.48. The third-order valence-corrected chi connectivity index (χ3v) is 5.81. The normalized spacial score (nSPS) is 14.4. The number of amides is 2. The number of hydrogen-bond acceptors (Lipinski definition) is 5. The number of rotatable bonds is 8. The molecule has 34 heavy (non-hydrogen) atoms. The molecule has 1 aliphatic carbocycles. The van der Waals surface area contributed by atoms with Crippen LogP contribution in [0.1, 0.15) is 42.5 Å². The molecule has 0 saturated heterocycles. The van der Waals surface area contributed by atoms with Crippen molar-refractivity contribution in [2.45, 2.75) is 38.1 Å². The van der Waals surface area contributed by atoms with Gasteiger partial charge in [0, 0.05) is 23.5 Å². The molecular weight excluding hydrogens is 440 g/mol. The minimum atomic E-state index is -0.798. The lowest BCUT2D eigenvalue weighted by Crippen LogP contribution is -2.44. The number of nitrogens with one attached hydrogen (secondary N) is 3. The Morgan fingerprint density at radius 2 is 1.82 bits per heavy atom. The molecule has 3 aromatic rings. The van der Waals surface area contributed by atoms with Gasteiger partial charge in [-0.15, -0.1) is 0 Å². The van der Waals surface area contributed by atoms with Crippen molar-refractivity contribution in [3.8, 4) is 0 Å². The van der Waals surface area contributed by atoms with Crippen LogP contribution in [0.25, 0.3) is 0 Å². The van der Waals surface area contributed by atoms with Crippen molar-refractivity contribution in [3.63, 3.8) is 0 Å². The zero-order valence-electron chi connectivity index (χ0n) is 18.4. The number of pyridine rings is 2. The van der Waals surface area contributed by atoms with E-state index in [9.17, 15) is 18.4 Å². The van der Waals surface area contributed by atoms with E-state index < -0.39 is 29.5 Å². The molecule has 4 rings (SSSR count). The Labute approximate surface area is 196 Å². The topological polar surface area (TPSA) is 96.0 Å². The number of anilines is 3. The van der Waals surface area contributed by atoms with Crippen LogP contribution in [0, 0.1) is 17.6 Å². The van der Waals surface area contributed by atoms with Crippen LogP contribution in [-0.4, -0.2) is 27.8 Å². The van der Waals surface area contributed by atoms with E-state index in [1.807, 2.05) is 0 Å². The zero-order chi connectivity index (χ0) is 23.9. The van der Waals surface area contributed by atoms with Gasteiger partial charge in [-0.3, -0.25) is 19.6 Å². The first-order valence-corrected chi connectivity index (χ1v) is 11.2. The Hall–Kier alpha value is -3.88. The summed E-state index contributed by atoms with van der Waals surface area (Å²) < 4.78 is 27.4. The highest BCUT2D eigenvalue weighted by Gasteiger charge is 2.27. The number of nitrogens with zero attached hydrogens (tertiary/aromatic N) is 2. The van der Waals surface area contributed by atoms with Crippen molar-refractivity contribution in [1.29, 1.82) is 0 Å². The first-order valence-electron chi connectivity index (χ1n) is 11.2. The minimum absolute atomic E-state index is 0.223. The molecule has 1 saturated carbocycles. The van der Waals surface area contributed by atoms with Gasteiger partial charge in [0.15, 0.2) is 5.82 Å². The Morgan fingerprint density at radius 1 is 1.00 bits per heavy atom. The summed E-state index contributed by atoms with van der Waals surface area (Å²) in [6.45, 7) is 0. The first-order chi connectivity index (χ1) is 16.5. The molecule has 2 amide bonds. The van der Waals surface area contributed by atoms with Crippen LogP contribution in [0.3, 0.4) is 0 Å². The highest BCUT2D eigenvalue weighted by Crippen LogP contribution is 2.29.